The smallest absolute Gasteiger partial charge is 0.252 e. The number of carbonyl (C=O) groups is 1. The summed E-state index contributed by atoms with van der Waals surface area (Å²) in [4.78, 5) is 22.2. The van der Waals surface area contributed by atoms with E-state index >= 15 is 0 Å². The first-order valence-corrected chi connectivity index (χ1v) is 14.8. The summed E-state index contributed by atoms with van der Waals surface area (Å²) in [5.41, 5.74) is 0.789. The van der Waals surface area contributed by atoms with Crippen LogP contribution < -0.4 is 4.90 Å². The molecule has 184 valence electrons. The third-order valence-corrected chi connectivity index (χ3v) is 10.5. The minimum absolute atomic E-state index is 0.0898. The van der Waals surface area contributed by atoms with Crippen LogP contribution in [0.15, 0.2) is 34.5 Å². The SMILES string of the molecule is CN(C)CCCN(C(=O)C1CCCN(S(=O)(=O)c2ccc(Cl)s2)C1)c1nc2ccc(Cl)cc2s1. The van der Waals surface area contributed by atoms with Crippen molar-refractivity contribution in [2.75, 3.05) is 45.2 Å². The van der Waals surface area contributed by atoms with Crippen molar-refractivity contribution < 1.29 is 13.2 Å². The Balaban J connectivity index is 1.58. The van der Waals surface area contributed by atoms with Gasteiger partial charge in [-0.1, -0.05) is 34.5 Å². The number of hydrogen-bond acceptors (Lipinski definition) is 7. The lowest BCUT2D eigenvalue weighted by molar-refractivity contribution is -0.123. The number of fused-ring (bicyclic) bond motifs is 1. The van der Waals surface area contributed by atoms with E-state index in [0.29, 0.717) is 40.4 Å². The van der Waals surface area contributed by atoms with Crippen LogP contribution in [0.2, 0.25) is 9.36 Å². The number of benzene rings is 1. The van der Waals surface area contributed by atoms with Gasteiger partial charge in [0.2, 0.25) is 5.91 Å². The highest BCUT2D eigenvalue weighted by Gasteiger charge is 2.36. The lowest BCUT2D eigenvalue weighted by Gasteiger charge is -2.33. The zero-order chi connectivity index (χ0) is 24.5. The molecule has 3 aromatic rings. The van der Waals surface area contributed by atoms with E-state index in [-0.39, 0.29) is 16.7 Å². The first-order valence-electron chi connectivity index (χ1n) is 10.9. The van der Waals surface area contributed by atoms with Gasteiger partial charge in [-0.05, 0) is 70.2 Å². The number of anilines is 1. The molecule has 0 bridgehead atoms. The highest BCUT2D eigenvalue weighted by atomic mass is 35.5. The molecular formula is C22H26Cl2N4O3S3. The number of carbonyl (C=O) groups excluding carboxylic acids is 1. The van der Waals surface area contributed by atoms with Crippen LogP contribution in [0.4, 0.5) is 5.13 Å². The molecule has 3 heterocycles. The standard InChI is InChI=1S/C22H26Cl2N4O3S3/c1-26(2)10-4-12-28(22-25-17-7-6-16(23)13-18(17)32-22)21(29)15-5-3-11-27(14-15)34(30,31)20-9-8-19(24)33-20/h6-9,13,15H,3-5,10-12,14H2,1-2H3. The summed E-state index contributed by atoms with van der Waals surface area (Å²) >= 11 is 14.6. The maximum Gasteiger partial charge on any atom is 0.252 e. The van der Waals surface area contributed by atoms with Crippen LogP contribution in [-0.2, 0) is 14.8 Å². The fourth-order valence-corrected chi connectivity index (χ4v) is 8.43. The maximum atomic E-state index is 13.7. The topological polar surface area (TPSA) is 73.8 Å². The molecular weight excluding hydrogens is 535 g/mol. The fourth-order valence-electron chi connectivity index (χ4n) is 3.99. The van der Waals surface area contributed by atoms with Gasteiger partial charge in [-0.2, -0.15) is 4.31 Å². The van der Waals surface area contributed by atoms with E-state index in [4.69, 9.17) is 28.2 Å². The molecule has 1 amide bonds. The number of rotatable bonds is 8. The van der Waals surface area contributed by atoms with E-state index in [0.717, 1.165) is 34.5 Å². The summed E-state index contributed by atoms with van der Waals surface area (Å²) in [5, 5.41) is 1.24. The van der Waals surface area contributed by atoms with E-state index in [1.165, 1.54) is 21.7 Å². The van der Waals surface area contributed by atoms with Gasteiger partial charge in [0.25, 0.3) is 10.0 Å². The Hall–Kier alpha value is -1.27. The quantitative estimate of drug-likeness (QED) is 0.385. The highest BCUT2D eigenvalue weighted by Crippen LogP contribution is 2.34. The number of nitrogens with zero attached hydrogens (tertiary/aromatic N) is 4. The van der Waals surface area contributed by atoms with E-state index in [2.05, 4.69) is 4.90 Å². The molecule has 0 N–H and O–H groups in total. The molecule has 1 atom stereocenters. The number of piperidine rings is 1. The van der Waals surface area contributed by atoms with Gasteiger partial charge in [0.15, 0.2) is 5.13 Å². The van der Waals surface area contributed by atoms with Gasteiger partial charge in [-0.25, -0.2) is 13.4 Å². The molecule has 34 heavy (non-hydrogen) atoms. The molecule has 1 unspecified atom stereocenters. The lowest BCUT2D eigenvalue weighted by atomic mass is 9.98. The molecule has 1 aliphatic heterocycles. The summed E-state index contributed by atoms with van der Waals surface area (Å²) in [5.74, 6) is -0.526. The minimum Gasteiger partial charge on any atom is -0.309 e. The summed E-state index contributed by atoms with van der Waals surface area (Å²) in [6.07, 6.45) is 2.03. The summed E-state index contributed by atoms with van der Waals surface area (Å²) in [6.45, 7) is 1.87. The largest absolute Gasteiger partial charge is 0.309 e. The van der Waals surface area contributed by atoms with Gasteiger partial charge in [0.1, 0.15) is 4.21 Å². The number of hydrogen-bond donors (Lipinski definition) is 0. The van der Waals surface area contributed by atoms with Crippen molar-refractivity contribution in [3.63, 3.8) is 0 Å². The van der Waals surface area contributed by atoms with Crippen molar-refractivity contribution in [1.82, 2.24) is 14.2 Å². The van der Waals surface area contributed by atoms with Crippen LogP contribution in [0.5, 0.6) is 0 Å². The molecule has 2 aromatic heterocycles. The Morgan fingerprint density at radius 2 is 1.97 bits per heavy atom. The number of sulfonamides is 1. The Bertz CT molecular complexity index is 1280. The van der Waals surface area contributed by atoms with Gasteiger partial charge >= 0.3 is 0 Å². The lowest BCUT2D eigenvalue weighted by Crippen LogP contribution is -2.47. The van der Waals surface area contributed by atoms with Crippen molar-refractivity contribution in [2.45, 2.75) is 23.5 Å². The second kappa shape index (κ2) is 10.8. The van der Waals surface area contributed by atoms with Gasteiger partial charge in [-0.15, -0.1) is 11.3 Å². The monoisotopic (exact) mass is 560 g/mol. The van der Waals surface area contributed by atoms with Crippen LogP contribution in [0.3, 0.4) is 0 Å². The second-order valence-corrected chi connectivity index (χ2v) is 13.8. The average molecular weight is 562 g/mol. The van der Waals surface area contributed by atoms with Gasteiger partial charge in [0, 0.05) is 24.7 Å². The first-order chi connectivity index (χ1) is 16.1. The summed E-state index contributed by atoms with van der Waals surface area (Å²) in [7, 11) is 0.296. The predicted molar refractivity (Wildman–Crippen MR) is 141 cm³/mol. The molecule has 0 aliphatic carbocycles. The predicted octanol–water partition coefficient (Wildman–Crippen LogP) is 5.05. The molecule has 1 fully saturated rings. The van der Waals surface area contributed by atoms with E-state index in [1.54, 1.807) is 17.0 Å². The van der Waals surface area contributed by atoms with E-state index < -0.39 is 15.9 Å². The average Bonchev–Trinajstić information content (AvgIpc) is 3.42. The molecule has 1 saturated heterocycles. The Kier molecular flexibility index (Phi) is 8.18. The van der Waals surface area contributed by atoms with Gasteiger partial charge in [0.05, 0.1) is 20.5 Å². The number of aromatic nitrogens is 1. The Morgan fingerprint density at radius 1 is 1.18 bits per heavy atom. The van der Waals surface area contributed by atoms with E-state index in [1.807, 2.05) is 26.2 Å². The molecule has 1 aliphatic rings. The van der Waals surface area contributed by atoms with Crippen molar-refractivity contribution in [2.24, 2.45) is 5.92 Å². The third kappa shape index (κ3) is 5.75. The fraction of sp³-hybridized carbons (Fsp3) is 0.455. The van der Waals surface area contributed by atoms with Crippen LogP contribution >= 0.6 is 45.9 Å². The van der Waals surface area contributed by atoms with Crippen LogP contribution in [0.1, 0.15) is 19.3 Å². The zero-order valence-corrected chi connectivity index (χ0v) is 22.9. The molecule has 0 saturated carbocycles. The number of amides is 1. The van der Waals surface area contributed by atoms with E-state index in [9.17, 15) is 13.2 Å². The highest BCUT2D eigenvalue weighted by molar-refractivity contribution is 7.91. The molecule has 4 rings (SSSR count). The molecule has 7 nitrogen and oxygen atoms in total. The van der Waals surface area contributed by atoms with Gasteiger partial charge in [-0.3, -0.25) is 9.69 Å². The van der Waals surface area contributed by atoms with Crippen molar-refractivity contribution in [3.05, 3.63) is 39.7 Å². The summed E-state index contributed by atoms with van der Waals surface area (Å²) in [6, 6.07) is 8.58. The molecule has 12 heteroatoms. The van der Waals surface area contributed by atoms with Crippen LogP contribution in [0, 0.1) is 5.92 Å². The van der Waals surface area contributed by atoms with Crippen molar-refractivity contribution in [1.29, 1.82) is 0 Å². The van der Waals surface area contributed by atoms with Crippen LogP contribution in [0.25, 0.3) is 10.2 Å². The molecule has 0 spiro atoms. The summed E-state index contributed by atoms with van der Waals surface area (Å²) < 4.78 is 29.2. The maximum absolute atomic E-state index is 13.7. The molecule has 1 aromatic carbocycles. The van der Waals surface area contributed by atoms with Crippen molar-refractivity contribution >= 4 is 77.2 Å². The Morgan fingerprint density at radius 3 is 2.68 bits per heavy atom. The third-order valence-electron chi connectivity index (χ3n) is 5.70. The number of thiazole rings is 1. The van der Waals surface area contributed by atoms with Crippen LogP contribution in [-0.4, -0.2) is 68.8 Å². The first kappa shape index (κ1) is 25.8. The Labute approximate surface area is 217 Å². The molecule has 0 radical (unpaired) electrons. The van der Waals surface area contributed by atoms with Gasteiger partial charge < -0.3 is 4.90 Å². The zero-order valence-electron chi connectivity index (χ0n) is 18.9. The second-order valence-electron chi connectivity index (χ2n) is 8.52. The minimum atomic E-state index is -3.69. The number of thiophene rings is 1. The van der Waals surface area contributed by atoms with Crippen molar-refractivity contribution in [3.8, 4) is 0 Å². The number of halogens is 2. The normalized spacial score (nSPS) is 17.5.